The summed E-state index contributed by atoms with van der Waals surface area (Å²) in [5, 5.41) is 3.21. The molecule has 67 valence electrons. The minimum atomic E-state index is 0.752. The Morgan fingerprint density at radius 1 is 1.46 bits per heavy atom. The van der Waals surface area contributed by atoms with E-state index in [1.54, 1.807) is 6.20 Å². The first-order valence-corrected chi connectivity index (χ1v) is 4.19. The van der Waals surface area contributed by atoms with Crippen LogP contribution in [0.1, 0.15) is 5.56 Å². The van der Waals surface area contributed by atoms with Crippen molar-refractivity contribution in [3.63, 3.8) is 0 Å². The molecule has 1 heterocycles. The summed E-state index contributed by atoms with van der Waals surface area (Å²) >= 11 is 0. The van der Waals surface area contributed by atoms with Crippen LogP contribution in [0.5, 0.6) is 0 Å². The number of hydrogen-bond donors (Lipinski definition) is 1. The molecular weight excluding hydrogens is 160 g/mol. The highest BCUT2D eigenvalue weighted by atomic mass is 14.9. The van der Waals surface area contributed by atoms with Crippen LogP contribution in [-0.2, 0) is 6.42 Å². The lowest BCUT2D eigenvalue weighted by molar-refractivity contribution is 1.16. The second-order valence-corrected chi connectivity index (χ2v) is 2.61. The van der Waals surface area contributed by atoms with Gasteiger partial charge in [-0.15, -0.1) is 13.2 Å². The Hall–Kier alpha value is -1.57. The first kappa shape index (κ1) is 9.52. The second-order valence-electron chi connectivity index (χ2n) is 2.61. The molecule has 0 amide bonds. The molecule has 2 nitrogen and oxygen atoms in total. The number of anilines is 1. The Balaban J connectivity index is 2.77. The summed E-state index contributed by atoms with van der Waals surface area (Å²) in [6, 6.07) is 1.93. The van der Waals surface area contributed by atoms with Gasteiger partial charge in [0.1, 0.15) is 0 Å². The fraction of sp³-hybridized carbons (Fsp3) is 0.182. The van der Waals surface area contributed by atoms with Crippen LogP contribution in [0.25, 0.3) is 0 Å². The summed E-state index contributed by atoms with van der Waals surface area (Å²) in [4.78, 5) is 3.93. The number of nitrogens with one attached hydrogen (secondary N) is 1. The summed E-state index contributed by atoms with van der Waals surface area (Å²) in [5.41, 5.74) is 2.09. The van der Waals surface area contributed by atoms with Crippen LogP contribution in [0.3, 0.4) is 0 Å². The van der Waals surface area contributed by atoms with E-state index in [1.165, 1.54) is 0 Å². The molecule has 0 fully saturated rings. The molecule has 1 radical (unpaired) electrons. The molecular formula is C11H13N2. The van der Waals surface area contributed by atoms with Crippen LogP contribution in [0.15, 0.2) is 37.6 Å². The number of pyridine rings is 1. The van der Waals surface area contributed by atoms with Crippen LogP contribution in [-0.4, -0.2) is 11.5 Å². The molecule has 0 unspecified atom stereocenters. The van der Waals surface area contributed by atoms with Crippen molar-refractivity contribution in [1.29, 1.82) is 0 Å². The molecule has 0 saturated heterocycles. The molecule has 0 saturated carbocycles. The van der Waals surface area contributed by atoms with Gasteiger partial charge in [-0.1, -0.05) is 12.2 Å². The van der Waals surface area contributed by atoms with Gasteiger partial charge < -0.3 is 5.32 Å². The number of nitrogens with zero attached hydrogens (tertiary/aromatic N) is 1. The molecule has 0 aliphatic rings. The average molecular weight is 173 g/mol. The van der Waals surface area contributed by atoms with E-state index >= 15 is 0 Å². The van der Waals surface area contributed by atoms with Crippen LogP contribution in [0.4, 0.5) is 5.69 Å². The largest absolute Gasteiger partial charge is 0.381 e. The van der Waals surface area contributed by atoms with Gasteiger partial charge in [0.05, 0.1) is 6.20 Å². The van der Waals surface area contributed by atoms with Crippen molar-refractivity contribution in [2.24, 2.45) is 0 Å². The molecule has 0 aliphatic carbocycles. The molecule has 1 rings (SSSR count). The van der Waals surface area contributed by atoms with E-state index in [4.69, 9.17) is 0 Å². The van der Waals surface area contributed by atoms with E-state index in [2.05, 4.69) is 29.7 Å². The zero-order chi connectivity index (χ0) is 9.52. The molecule has 1 aromatic heterocycles. The second kappa shape index (κ2) is 5.14. The third-order valence-corrected chi connectivity index (χ3v) is 1.63. The van der Waals surface area contributed by atoms with Gasteiger partial charge in [0, 0.05) is 24.0 Å². The quantitative estimate of drug-likeness (QED) is 0.690. The SMILES string of the molecule is C=CCNc1ccn[c]c1CC=C. The molecule has 0 bridgehead atoms. The van der Waals surface area contributed by atoms with Crippen molar-refractivity contribution in [3.8, 4) is 0 Å². The van der Waals surface area contributed by atoms with Crippen LogP contribution in [0, 0.1) is 6.20 Å². The lowest BCUT2D eigenvalue weighted by Crippen LogP contribution is -2.01. The molecule has 0 spiro atoms. The Kier molecular flexibility index (Phi) is 3.76. The maximum absolute atomic E-state index is 3.93. The standard InChI is InChI=1S/C11H13N2/c1-3-5-10-9-12-8-6-11(10)13-7-4-2/h3-4,6,8H,1-2,5,7H2,(H,12,13). The minimum Gasteiger partial charge on any atom is -0.381 e. The monoisotopic (exact) mass is 173 g/mol. The van der Waals surface area contributed by atoms with E-state index < -0.39 is 0 Å². The van der Waals surface area contributed by atoms with Crippen molar-refractivity contribution >= 4 is 5.69 Å². The molecule has 1 N–H and O–H groups in total. The van der Waals surface area contributed by atoms with E-state index in [-0.39, 0.29) is 0 Å². The fourth-order valence-electron chi connectivity index (χ4n) is 1.04. The molecule has 0 aliphatic heterocycles. The van der Waals surface area contributed by atoms with Crippen molar-refractivity contribution in [2.75, 3.05) is 11.9 Å². The fourth-order valence-corrected chi connectivity index (χ4v) is 1.04. The molecule has 1 aromatic rings. The van der Waals surface area contributed by atoms with Crippen molar-refractivity contribution < 1.29 is 0 Å². The molecule has 0 aromatic carbocycles. The van der Waals surface area contributed by atoms with Crippen LogP contribution in [0.2, 0.25) is 0 Å². The summed E-state index contributed by atoms with van der Waals surface area (Å²) in [6.45, 7) is 8.08. The summed E-state index contributed by atoms with van der Waals surface area (Å²) in [5.74, 6) is 0. The Labute approximate surface area is 79.0 Å². The Morgan fingerprint density at radius 3 is 3.00 bits per heavy atom. The molecule has 13 heavy (non-hydrogen) atoms. The predicted molar refractivity (Wildman–Crippen MR) is 55.7 cm³/mol. The van der Waals surface area contributed by atoms with Gasteiger partial charge in [-0.25, -0.2) is 0 Å². The first-order valence-electron chi connectivity index (χ1n) is 4.19. The lowest BCUT2D eigenvalue weighted by Gasteiger charge is -2.07. The summed E-state index contributed by atoms with van der Waals surface area (Å²) < 4.78 is 0. The van der Waals surface area contributed by atoms with E-state index in [0.717, 1.165) is 24.2 Å². The van der Waals surface area contributed by atoms with Gasteiger partial charge >= 0.3 is 0 Å². The van der Waals surface area contributed by atoms with Crippen molar-refractivity contribution in [2.45, 2.75) is 6.42 Å². The first-order chi connectivity index (χ1) is 6.38. The van der Waals surface area contributed by atoms with E-state index in [1.807, 2.05) is 18.2 Å². The van der Waals surface area contributed by atoms with Gasteiger partial charge in [-0.3, -0.25) is 4.98 Å². The third-order valence-electron chi connectivity index (χ3n) is 1.63. The van der Waals surface area contributed by atoms with Crippen molar-refractivity contribution in [1.82, 2.24) is 4.98 Å². The summed E-state index contributed by atoms with van der Waals surface area (Å²) in [6.07, 6.45) is 9.09. The van der Waals surface area contributed by atoms with Crippen molar-refractivity contribution in [3.05, 3.63) is 49.3 Å². The van der Waals surface area contributed by atoms with E-state index in [0.29, 0.717) is 0 Å². The average Bonchev–Trinajstić information content (AvgIpc) is 2.17. The number of aromatic nitrogens is 1. The van der Waals surface area contributed by atoms with Crippen LogP contribution >= 0.6 is 0 Å². The smallest absolute Gasteiger partial charge is 0.0945 e. The third kappa shape index (κ3) is 2.75. The summed E-state index contributed by atoms with van der Waals surface area (Å²) in [7, 11) is 0. The maximum atomic E-state index is 3.93. The minimum absolute atomic E-state index is 0.752. The number of hydrogen-bond acceptors (Lipinski definition) is 2. The zero-order valence-electron chi connectivity index (χ0n) is 7.59. The van der Waals surface area contributed by atoms with Gasteiger partial charge in [0.25, 0.3) is 0 Å². The van der Waals surface area contributed by atoms with Gasteiger partial charge in [-0.05, 0) is 12.5 Å². The van der Waals surface area contributed by atoms with Crippen LogP contribution < -0.4 is 5.32 Å². The van der Waals surface area contributed by atoms with Gasteiger partial charge in [-0.2, -0.15) is 0 Å². The highest BCUT2D eigenvalue weighted by Crippen LogP contribution is 2.13. The normalized spacial score (nSPS) is 9.23. The number of allylic oxidation sites excluding steroid dienone is 1. The Morgan fingerprint density at radius 2 is 2.31 bits per heavy atom. The van der Waals surface area contributed by atoms with Gasteiger partial charge in [0.15, 0.2) is 0 Å². The maximum Gasteiger partial charge on any atom is 0.0945 e. The lowest BCUT2D eigenvalue weighted by atomic mass is 10.1. The highest BCUT2D eigenvalue weighted by Gasteiger charge is 1.98. The Bertz CT molecular complexity index is 292. The molecule has 0 atom stereocenters. The number of rotatable bonds is 5. The zero-order valence-corrected chi connectivity index (χ0v) is 7.59. The molecule has 2 heteroatoms. The van der Waals surface area contributed by atoms with E-state index in [9.17, 15) is 0 Å². The van der Waals surface area contributed by atoms with Gasteiger partial charge in [0.2, 0.25) is 0 Å². The highest BCUT2D eigenvalue weighted by molar-refractivity contribution is 5.50. The predicted octanol–water partition coefficient (Wildman–Crippen LogP) is 2.21. The topological polar surface area (TPSA) is 24.9 Å².